The average Bonchev–Trinajstić information content (AvgIpc) is 3.17. The van der Waals surface area contributed by atoms with Crippen molar-refractivity contribution in [3.63, 3.8) is 0 Å². The Labute approximate surface area is 185 Å². The van der Waals surface area contributed by atoms with Crippen molar-refractivity contribution in [2.45, 2.75) is 17.9 Å². The second kappa shape index (κ2) is 8.66. The van der Waals surface area contributed by atoms with Crippen molar-refractivity contribution in [2.24, 2.45) is 0 Å². The lowest BCUT2D eigenvalue weighted by Gasteiger charge is -2.09. The molecule has 4 aromatic rings. The van der Waals surface area contributed by atoms with Crippen LogP contribution in [-0.2, 0) is 16.4 Å². The molecule has 0 aliphatic heterocycles. The van der Waals surface area contributed by atoms with E-state index in [2.05, 4.69) is 9.84 Å². The van der Waals surface area contributed by atoms with Crippen LogP contribution in [-0.4, -0.2) is 30.0 Å². The van der Waals surface area contributed by atoms with Crippen molar-refractivity contribution in [2.75, 3.05) is 0 Å². The highest BCUT2D eigenvalue weighted by atomic mass is 32.2. The summed E-state index contributed by atoms with van der Waals surface area (Å²) in [5, 5.41) is 4.28. The maximum atomic E-state index is 13.9. The third kappa shape index (κ3) is 4.44. The number of hydrogen-bond acceptors (Lipinski definition) is 5. The van der Waals surface area contributed by atoms with Crippen LogP contribution in [0.2, 0.25) is 0 Å². The van der Waals surface area contributed by atoms with Gasteiger partial charge in [-0.1, -0.05) is 24.3 Å². The number of halogens is 4. The first-order valence-corrected chi connectivity index (χ1v) is 10.8. The van der Waals surface area contributed by atoms with Crippen LogP contribution in [0.5, 0.6) is 5.75 Å². The minimum absolute atomic E-state index is 0.0921. The quantitative estimate of drug-likeness (QED) is 0.287. The molecular formula is C22H14F4N2O4S. The van der Waals surface area contributed by atoms with Crippen LogP contribution in [0.15, 0.2) is 71.8 Å². The Morgan fingerprint density at radius 1 is 1.00 bits per heavy atom. The number of carbonyl (C=O) groups excluding carboxylic acids is 1. The molecule has 0 aliphatic rings. The van der Waals surface area contributed by atoms with Crippen LogP contribution in [0.4, 0.5) is 17.6 Å². The molecule has 0 saturated carbocycles. The van der Waals surface area contributed by atoms with Gasteiger partial charge in [-0.15, -0.1) is 0 Å². The molecule has 0 N–H and O–H groups in total. The lowest BCUT2D eigenvalue weighted by atomic mass is 10.0. The summed E-state index contributed by atoms with van der Waals surface area (Å²) in [6.07, 6.45) is 0.880. The average molecular weight is 478 g/mol. The monoisotopic (exact) mass is 478 g/mol. The van der Waals surface area contributed by atoms with E-state index in [0.29, 0.717) is 15.0 Å². The smallest absolute Gasteiger partial charge is 0.387 e. The Kier molecular flexibility index (Phi) is 5.90. The maximum Gasteiger partial charge on any atom is 0.387 e. The summed E-state index contributed by atoms with van der Waals surface area (Å²) in [6.45, 7) is -3.13. The number of alkyl halides is 2. The van der Waals surface area contributed by atoms with Gasteiger partial charge in [-0.3, -0.25) is 4.79 Å². The Morgan fingerprint density at radius 3 is 2.39 bits per heavy atom. The Hall–Kier alpha value is -3.73. The highest BCUT2D eigenvalue weighted by Gasteiger charge is 2.23. The predicted octanol–water partition coefficient (Wildman–Crippen LogP) is 4.58. The fraction of sp³-hybridized carbons (Fsp3) is 0.0909. The van der Waals surface area contributed by atoms with Crippen LogP contribution in [0, 0.1) is 11.6 Å². The number of ketones is 1. The summed E-state index contributed by atoms with van der Waals surface area (Å²) < 4.78 is 83.9. The van der Waals surface area contributed by atoms with Crippen LogP contribution in [0.25, 0.3) is 10.9 Å². The molecule has 6 nitrogen and oxygen atoms in total. The maximum absolute atomic E-state index is 13.9. The van der Waals surface area contributed by atoms with Crippen molar-refractivity contribution in [1.29, 1.82) is 0 Å². The lowest BCUT2D eigenvalue weighted by molar-refractivity contribution is -0.0500. The number of nitrogens with zero attached hydrogens (tertiary/aromatic N) is 2. The first kappa shape index (κ1) is 22.5. The van der Waals surface area contributed by atoms with E-state index in [1.165, 1.54) is 42.6 Å². The normalized spacial score (nSPS) is 11.8. The van der Waals surface area contributed by atoms with Gasteiger partial charge in [0.25, 0.3) is 10.0 Å². The molecule has 0 unspecified atom stereocenters. The number of aromatic nitrogens is 2. The number of carbonyl (C=O) groups is 1. The molecule has 0 saturated heterocycles. The molecule has 0 radical (unpaired) electrons. The van der Waals surface area contributed by atoms with Gasteiger partial charge < -0.3 is 4.74 Å². The first-order valence-electron chi connectivity index (χ1n) is 9.41. The van der Waals surface area contributed by atoms with Crippen molar-refractivity contribution >= 4 is 26.7 Å². The van der Waals surface area contributed by atoms with Gasteiger partial charge in [0.1, 0.15) is 17.4 Å². The number of benzene rings is 3. The van der Waals surface area contributed by atoms with Gasteiger partial charge in [-0.05, 0) is 35.9 Å². The third-order valence-corrected chi connectivity index (χ3v) is 6.36. The number of fused-ring (bicyclic) bond motifs is 1. The zero-order chi connectivity index (χ0) is 23.8. The molecule has 0 amide bonds. The molecule has 0 bridgehead atoms. The van der Waals surface area contributed by atoms with Crippen molar-refractivity contribution in [3.05, 3.63) is 89.6 Å². The first-order chi connectivity index (χ1) is 15.7. The number of hydrogen-bond donors (Lipinski definition) is 0. The number of Topliss-reactive ketones (excluding diaryl/α,β-unsaturated/α-hetero) is 1. The molecule has 3 aromatic carbocycles. The summed E-state index contributed by atoms with van der Waals surface area (Å²) >= 11 is 0. The highest BCUT2D eigenvalue weighted by molar-refractivity contribution is 7.90. The van der Waals surface area contributed by atoms with E-state index in [1.54, 1.807) is 0 Å². The van der Waals surface area contributed by atoms with E-state index < -0.39 is 46.0 Å². The molecule has 170 valence electrons. The van der Waals surface area contributed by atoms with Crippen LogP contribution >= 0.6 is 0 Å². The van der Waals surface area contributed by atoms with E-state index in [-0.39, 0.29) is 16.2 Å². The Balaban J connectivity index is 1.71. The molecule has 0 aliphatic carbocycles. The summed E-state index contributed by atoms with van der Waals surface area (Å²) in [4.78, 5) is 12.1. The van der Waals surface area contributed by atoms with Crippen molar-refractivity contribution in [3.8, 4) is 5.75 Å². The van der Waals surface area contributed by atoms with Gasteiger partial charge in [-0.2, -0.15) is 26.4 Å². The third-order valence-electron chi connectivity index (χ3n) is 4.77. The molecule has 33 heavy (non-hydrogen) atoms. The predicted molar refractivity (Wildman–Crippen MR) is 110 cm³/mol. The van der Waals surface area contributed by atoms with Gasteiger partial charge >= 0.3 is 6.61 Å². The van der Waals surface area contributed by atoms with Crippen molar-refractivity contribution < 1.29 is 35.5 Å². The highest BCUT2D eigenvalue weighted by Crippen LogP contribution is 2.25. The molecule has 0 fully saturated rings. The molecule has 0 spiro atoms. The molecule has 0 atom stereocenters. The number of rotatable bonds is 7. The summed E-state index contributed by atoms with van der Waals surface area (Å²) in [5.41, 5.74) is -0.300. The van der Waals surface area contributed by atoms with E-state index >= 15 is 0 Å². The zero-order valence-electron chi connectivity index (χ0n) is 16.6. The Morgan fingerprint density at radius 2 is 1.70 bits per heavy atom. The lowest BCUT2D eigenvalue weighted by Crippen LogP contribution is -2.15. The van der Waals surface area contributed by atoms with E-state index in [0.717, 1.165) is 24.3 Å². The Bertz CT molecular complexity index is 1450. The van der Waals surface area contributed by atoms with E-state index in [1.807, 2.05) is 0 Å². The van der Waals surface area contributed by atoms with Gasteiger partial charge in [0, 0.05) is 17.9 Å². The van der Waals surface area contributed by atoms with Crippen LogP contribution in [0.3, 0.4) is 0 Å². The minimum Gasteiger partial charge on any atom is -0.435 e. The van der Waals surface area contributed by atoms with Crippen LogP contribution < -0.4 is 4.74 Å². The zero-order valence-corrected chi connectivity index (χ0v) is 17.4. The molecule has 1 heterocycles. The van der Waals surface area contributed by atoms with Crippen LogP contribution in [0.1, 0.15) is 15.9 Å². The SMILES string of the molecule is O=C(Cc1ccc2cnn(S(=O)(=O)c3cccc(OC(F)F)c3)c2c1)c1c(F)cccc1F. The molecule has 11 heteroatoms. The minimum atomic E-state index is -4.32. The standard InChI is InChI=1S/C22H14F4N2O4S/c23-17-5-2-6-18(24)21(17)20(29)10-13-7-8-14-12-27-28(19(14)9-13)33(30,31)16-4-1-3-15(11-16)32-22(25)26/h1-9,11-12,22H,10H2. The second-order valence-corrected chi connectivity index (χ2v) is 8.70. The number of ether oxygens (including phenoxy) is 1. The molecule has 1 aromatic heterocycles. The largest absolute Gasteiger partial charge is 0.435 e. The topological polar surface area (TPSA) is 78.3 Å². The summed E-state index contributed by atoms with van der Waals surface area (Å²) in [7, 11) is -4.32. The van der Waals surface area contributed by atoms with Gasteiger partial charge in [0.15, 0.2) is 5.78 Å². The van der Waals surface area contributed by atoms with Crippen molar-refractivity contribution in [1.82, 2.24) is 9.19 Å². The molecular weight excluding hydrogens is 464 g/mol. The van der Waals surface area contributed by atoms with Gasteiger partial charge in [-0.25, -0.2) is 8.78 Å². The summed E-state index contributed by atoms with van der Waals surface area (Å²) in [6, 6.07) is 12.0. The summed E-state index contributed by atoms with van der Waals surface area (Å²) in [5.74, 6) is -3.17. The molecule has 4 rings (SSSR count). The van der Waals surface area contributed by atoms with E-state index in [9.17, 15) is 30.8 Å². The second-order valence-electron chi connectivity index (χ2n) is 6.94. The fourth-order valence-corrected chi connectivity index (χ4v) is 4.59. The van der Waals surface area contributed by atoms with Gasteiger partial charge in [0.2, 0.25) is 0 Å². The fourth-order valence-electron chi connectivity index (χ4n) is 3.29. The van der Waals surface area contributed by atoms with E-state index in [4.69, 9.17) is 0 Å². The van der Waals surface area contributed by atoms with Gasteiger partial charge in [0.05, 0.1) is 22.2 Å².